The summed E-state index contributed by atoms with van der Waals surface area (Å²) in [7, 11) is 0. The molecule has 0 saturated heterocycles. The van der Waals surface area contributed by atoms with E-state index in [1.54, 1.807) is 23.1 Å². The number of benzene rings is 2. The van der Waals surface area contributed by atoms with Crippen LogP contribution in [0.15, 0.2) is 48.5 Å². The van der Waals surface area contributed by atoms with Gasteiger partial charge in [0.1, 0.15) is 5.75 Å². The molecule has 0 bridgehead atoms. The molecular formula is C20H19NO4. The van der Waals surface area contributed by atoms with E-state index in [9.17, 15) is 9.59 Å². The van der Waals surface area contributed by atoms with Gasteiger partial charge in [-0.25, -0.2) is 4.79 Å². The van der Waals surface area contributed by atoms with Crippen molar-refractivity contribution in [3.8, 4) is 5.75 Å². The van der Waals surface area contributed by atoms with E-state index in [4.69, 9.17) is 9.84 Å². The van der Waals surface area contributed by atoms with E-state index in [2.05, 4.69) is 0 Å². The zero-order valence-corrected chi connectivity index (χ0v) is 13.9. The summed E-state index contributed by atoms with van der Waals surface area (Å²) < 4.78 is 5.34. The van der Waals surface area contributed by atoms with E-state index in [0.29, 0.717) is 23.4 Å². The van der Waals surface area contributed by atoms with Gasteiger partial charge in [-0.3, -0.25) is 4.79 Å². The average Bonchev–Trinajstić information content (AvgIpc) is 2.87. The molecule has 3 rings (SSSR count). The van der Waals surface area contributed by atoms with Gasteiger partial charge in [-0.15, -0.1) is 0 Å². The van der Waals surface area contributed by atoms with Crippen LogP contribution in [0.2, 0.25) is 0 Å². The molecule has 0 fully saturated rings. The number of hydrogen-bond donors (Lipinski definition) is 1. The number of carboxylic acids is 1. The highest BCUT2D eigenvalue weighted by molar-refractivity contribution is 6.35. The van der Waals surface area contributed by atoms with Gasteiger partial charge in [0.05, 0.1) is 5.69 Å². The van der Waals surface area contributed by atoms with Crippen LogP contribution in [-0.2, 0) is 9.59 Å². The van der Waals surface area contributed by atoms with Gasteiger partial charge in [-0.05, 0) is 24.6 Å². The van der Waals surface area contributed by atoms with Gasteiger partial charge in [0.25, 0.3) is 5.91 Å². The Bertz CT molecular complexity index is 841. The fourth-order valence-corrected chi connectivity index (χ4v) is 2.92. The van der Waals surface area contributed by atoms with Crippen molar-refractivity contribution in [2.75, 3.05) is 18.1 Å². The van der Waals surface area contributed by atoms with E-state index in [1.807, 2.05) is 43.3 Å². The number of carbonyl (C=O) groups is 2. The van der Waals surface area contributed by atoms with Gasteiger partial charge in [0.15, 0.2) is 6.61 Å². The van der Waals surface area contributed by atoms with Gasteiger partial charge >= 0.3 is 5.97 Å². The Kier molecular flexibility index (Phi) is 4.84. The molecule has 2 aromatic carbocycles. The highest BCUT2D eigenvalue weighted by Gasteiger charge is 2.31. The number of carboxylic acid groups (broad SMARTS) is 1. The molecule has 2 aromatic rings. The summed E-state index contributed by atoms with van der Waals surface area (Å²) in [5.41, 5.74) is 3.06. The molecule has 5 nitrogen and oxygen atoms in total. The summed E-state index contributed by atoms with van der Waals surface area (Å²) in [5.74, 6) is -0.647. The van der Waals surface area contributed by atoms with Crippen molar-refractivity contribution >= 4 is 29.2 Å². The van der Waals surface area contributed by atoms with Crippen LogP contribution in [0.25, 0.3) is 11.6 Å². The fraction of sp³-hybridized carbons (Fsp3) is 0.200. The van der Waals surface area contributed by atoms with E-state index in [-0.39, 0.29) is 5.91 Å². The summed E-state index contributed by atoms with van der Waals surface area (Å²) in [4.78, 5) is 25.4. The van der Waals surface area contributed by atoms with Crippen LogP contribution in [0.3, 0.4) is 0 Å². The van der Waals surface area contributed by atoms with Crippen LogP contribution >= 0.6 is 0 Å². The van der Waals surface area contributed by atoms with Crippen LogP contribution in [0.5, 0.6) is 5.75 Å². The lowest BCUT2D eigenvalue weighted by Crippen LogP contribution is -2.26. The standard InChI is InChI=1S/C20H19NO4/c1-2-11-21-17-9-5-4-8-15(17)16(20(21)24)12-14-7-3-6-10-18(14)25-13-19(22)23/h3-10,12H,2,11,13H2,1H3,(H,22,23)/b16-12-. The van der Waals surface area contributed by atoms with Gasteiger partial charge in [0.2, 0.25) is 0 Å². The number of aliphatic carboxylic acids is 1. The third-order valence-corrected chi connectivity index (χ3v) is 3.98. The van der Waals surface area contributed by atoms with Crippen LogP contribution in [0.4, 0.5) is 5.69 Å². The first-order valence-corrected chi connectivity index (χ1v) is 8.18. The normalized spacial score (nSPS) is 14.7. The summed E-state index contributed by atoms with van der Waals surface area (Å²) in [5, 5.41) is 8.81. The predicted octanol–water partition coefficient (Wildman–Crippen LogP) is 3.45. The molecule has 0 atom stereocenters. The molecule has 0 spiro atoms. The first kappa shape index (κ1) is 16.8. The second-order valence-electron chi connectivity index (χ2n) is 5.75. The predicted molar refractivity (Wildman–Crippen MR) is 96.5 cm³/mol. The molecule has 0 aliphatic carbocycles. The molecule has 0 aromatic heterocycles. The van der Waals surface area contributed by atoms with Crippen molar-refractivity contribution in [3.05, 3.63) is 59.7 Å². The first-order chi connectivity index (χ1) is 12.1. The molecule has 1 heterocycles. The molecule has 5 heteroatoms. The van der Waals surface area contributed by atoms with Gasteiger partial charge in [0, 0.05) is 23.2 Å². The van der Waals surface area contributed by atoms with E-state index in [1.165, 1.54) is 0 Å². The fourth-order valence-electron chi connectivity index (χ4n) is 2.92. The molecule has 1 aliphatic rings. The largest absolute Gasteiger partial charge is 0.481 e. The number of rotatable bonds is 6. The molecule has 0 saturated carbocycles. The maximum Gasteiger partial charge on any atom is 0.341 e. The lowest BCUT2D eigenvalue weighted by atomic mass is 10.0. The molecule has 1 aliphatic heterocycles. The van der Waals surface area contributed by atoms with Crippen molar-refractivity contribution in [3.63, 3.8) is 0 Å². The van der Waals surface area contributed by atoms with Crippen molar-refractivity contribution in [2.45, 2.75) is 13.3 Å². The first-order valence-electron chi connectivity index (χ1n) is 8.18. The van der Waals surface area contributed by atoms with Crippen LogP contribution in [0, 0.1) is 0 Å². The topological polar surface area (TPSA) is 66.8 Å². The third-order valence-electron chi connectivity index (χ3n) is 3.98. The number of anilines is 1. The number of amides is 1. The molecule has 0 unspecified atom stereocenters. The van der Waals surface area contributed by atoms with Crippen LogP contribution < -0.4 is 9.64 Å². The van der Waals surface area contributed by atoms with E-state index in [0.717, 1.165) is 17.7 Å². The molecule has 0 radical (unpaired) electrons. The Balaban J connectivity index is 2.02. The number of fused-ring (bicyclic) bond motifs is 1. The zero-order valence-electron chi connectivity index (χ0n) is 13.9. The third kappa shape index (κ3) is 3.40. The molecular weight excluding hydrogens is 318 g/mol. The number of nitrogens with zero attached hydrogens (tertiary/aromatic N) is 1. The highest BCUT2D eigenvalue weighted by atomic mass is 16.5. The minimum absolute atomic E-state index is 0.0453. The summed E-state index contributed by atoms with van der Waals surface area (Å²) in [6.07, 6.45) is 2.64. The van der Waals surface area contributed by atoms with Gasteiger partial charge in [-0.2, -0.15) is 0 Å². The maximum atomic E-state index is 12.9. The molecule has 1 N–H and O–H groups in total. The molecule has 128 valence electrons. The Labute approximate surface area is 146 Å². The van der Waals surface area contributed by atoms with Crippen molar-refractivity contribution in [2.24, 2.45) is 0 Å². The SMILES string of the molecule is CCCN1C(=O)/C(=C\c2ccccc2OCC(=O)O)c2ccccc21. The number of para-hydroxylation sites is 2. The molecule has 1 amide bonds. The lowest BCUT2D eigenvalue weighted by molar-refractivity contribution is -0.139. The second kappa shape index (κ2) is 7.21. The van der Waals surface area contributed by atoms with Crippen LogP contribution in [-0.4, -0.2) is 30.1 Å². The number of ether oxygens (including phenoxy) is 1. The second-order valence-corrected chi connectivity index (χ2v) is 5.75. The zero-order chi connectivity index (χ0) is 17.8. The monoisotopic (exact) mass is 337 g/mol. The number of carbonyl (C=O) groups excluding carboxylic acids is 1. The number of hydrogen-bond acceptors (Lipinski definition) is 3. The Hall–Kier alpha value is -3.08. The average molecular weight is 337 g/mol. The minimum Gasteiger partial charge on any atom is -0.481 e. The smallest absolute Gasteiger partial charge is 0.341 e. The lowest BCUT2D eigenvalue weighted by Gasteiger charge is -2.15. The van der Waals surface area contributed by atoms with Crippen molar-refractivity contribution < 1.29 is 19.4 Å². The summed E-state index contributed by atoms with van der Waals surface area (Å²) in [6, 6.07) is 14.8. The highest BCUT2D eigenvalue weighted by Crippen LogP contribution is 2.38. The summed E-state index contributed by atoms with van der Waals surface area (Å²) >= 11 is 0. The van der Waals surface area contributed by atoms with Gasteiger partial charge in [-0.1, -0.05) is 43.3 Å². The van der Waals surface area contributed by atoms with Crippen LogP contribution in [0.1, 0.15) is 24.5 Å². The Morgan fingerprint density at radius 2 is 1.88 bits per heavy atom. The quantitative estimate of drug-likeness (QED) is 0.820. The Morgan fingerprint density at radius 1 is 1.16 bits per heavy atom. The van der Waals surface area contributed by atoms with E-state index >= 15 is 0 Å². The summed E-state index contributed by atoms with van der Waals surface area (Å²) in [6.45, 7) is 2.27. The van der Waals surface area contributed by atoms with Crippen molar-refractivity contribution in [1.29, 1.82) is 0 Å². The van der Waals surface area contributed by atoms with E-state index < -0.39 is 12.6 Å². The minimum atomic E-state index is -1.04. The maximum absolute atomic E-state index is 12.9. The molecule has 25 heavy (non-hydrogen) atoms. The van der Waals surface area contributed by atoms with Gasteiger partial charge < -0.3 is 14.7 Å². The Morgan fingerprint density at radius 3 is 2.64 bits per heavy atom. The van der Waals surface area contributed by atoms with Crippen molar-refractivity contribution in [1.82, 2.24) is 0 Å².